The third kappa shape index (κ3) is 6.38. The van der Waals surface area contributed by atoms with Gasteiger partial charge in [0.05, 0.1) is 37.8 Å². The van der Waals surface area contributed by atoms with Gasteiger partial charge < -0.3 is 29.9 Å². The van der Waals surface area contributed by atoms with Crippen molar-refractivity contribution >= 4 is 34.3 Å². The molecular formula is C29H32F3N7O2. The van der Waals surface area contributed by atoms with Crippen LogP contribution in [0, 0.1) is 0 Å². The second-order valence-corrected chi connectivity index (χ2v) is 10.6. The van der Waals surface area contributed by atoms with Crippen LogP contribution in [0.3, 0.4) is 0 Å². The number of ether oxygens (including phenoxy) is 1. The minimum atomic E-state index is -4.38. The number of aliphatic hydroxyl groups excluding tert-OH is 1. The highest BCUT2D eigenvalue weighted by Gasteiger charge is 2.30. The van der Waals surface area contributed by atoms with E-state index < -0.39 is 11.7 Å². The summed E-state index contributed by atoms with van der Waals surface area (Å²) in [6, 6.07) is 13.3. The van der Waals surface area contributed by atoms with Crippen molar-refractivity contribution in [2.75, 3.05) is 41.8 Å². The van der Waals surface area contributed by atoms with Crippen molar-refractivity contribution in [3.8, 4) is 0 Å². The third-order valence-electron chi connectivity index (χ3n) is 7.63. The molecule has 0 bridgehead atoms. The molecule has 2 aromatic heterocycles. The molecule has 4 aromatic rings. The number of hydrogen-bond acceptors (Lipinski definition) is 8. The molecule has 1 saturated carbocycles. The van der Waals surface area contributed by atoms with E-state index in [0.29, 0.717) is 61.1 Å². The molecule has 1 aliphatic carbocycles. The largest absolute Gasteiger partial charge is 0.416 e. The number of morpholine rings is 1. The minimum absolute atomic E-state index is 0.128. The molecule has 0 radical (unpaired) electrons. The Bertz CT molecular complexity index is 1460. The first-order valence-corrected chi connectivity index (χ1v) is 13.9. The first-order chi connectivity index (χ1) is 19.8. The Morgan fingerprint density at radius 2 is 1.63 bits per heavy atom. The minimum Gasteiger partial charge on any atom is -0.393 e. The highest BCUT2D eigenvalue weighted by Crippen LogP contribution is 2.31. The zero-order valence-electron chi connectivity index (χ0n) is 22.4. The second kappa shape index (κ2) is 11.5. The van der Waals surface area contributed by atoms with Crippen molar-refractivity contribution < 1.29 is 23.0 Å². The summed E-state index contributed by atoms with van der Waals surface area (Å²) in [5.74, 6) is 0.958. The van der Waals surface area contributed by atoms with Crippen molar-refractivity contribution in [2.24, 2.45) is 0 Å². The molecular weight excluding hydrogens is 535 g/mol. The van der Waals surface area contributed by atoms with Gasteiger partial charge in [-0.1, -0.05) is 12.1 Å². The summed E-state index contributed by atoms with van der Waals surface area (Å²) >= 11 is 0. The van der Waals surface area contributed by atoms with Gasteiger partial charge in [0.1, 0.15) is 0 Å². The lowest BCUT2D eigenvalue weighted by atomic mass is 9.93. The number of fused-ring (bicyclic) bond motifs is 1. The zero-order valence-corrected chi connectivity index (χ0v) is 22.4. The van der Waals surface area contributed by atoms with Gasteiger partial charge in [0.25, 0.3) is 0 Å². The maximum atomic E-state index is 13.0. The van der Waals surface area contributed by atoms with Gasteiger partial charge in [0, 0.05) is 30.5 Å². The maximum absolute atomic E-state index is 13.0. The summed E-state index contributed by atoms with van der Waals surface area (Å²) in [6.45, 7) is 3.42. The van der Waals surface area contributed by atoms with Crippen LogP contribution in [0.5, 0.6) is 0 Å². The van der Waals surface area contributed by atoms with E-state index >= 15 is 0 Å². The van der Waals surface area contributed by atoms with Gasteiger partial charge in [-0.3, -0.25) is 0 Å². The number of nitrogens with zero attached hydrogens (tertiary/aromatic N) is 5. The summed E-state index contributed by atoms with van der Waals surface area (Å²) in [6.07, 6.45) is 0.00492. The molecule has 9 nitrogen and oxygen atoms in total. The molecule has 0 unspecified atom stereocenters. The quantitative estimate of drug-likeness (QED) is 0.281. The van der Waals surface area contributed by atoms with Crippen LogP contribution in [0.4, 0.5) is 36.3 Å². The Morgan fingerprint density at radius 1 is 0.927 bits per heavy atom. The van der Waals surface area contributed by atoms with Crippen molar-refractivity contribution in [3.05, 3.63) is 66.0 Å². The number of nitrogens with one attached hydrogen (secondary N) is 2. The van der Waals surface area contributed by atoms with Crippen LogP contribution in [-0.4, -0.2) is 63.1 Å². The van der Waals surface area contributed by atoms with Crippen LogP contribution in [0.15, 0.2) is 54.9 Å². The van der Waals surface area contributed by atoms with Crippen LogP contribution in [0.1, 0.15) is 36.8 Å². The molecule has 6 rings (SSSR count). The van der Waals surface area contributed by atoms with Gasteiger partial charge in [0.2, 0.25) is 5.95 Å². The molecule has 0 atom stereocenters. The zero-order chi connectivity index (χ0) is 28.4. The van der Waals surface area contributed by atoms with Crippen LogP contribution >= 0.6 is 0 Å². The summed E-state index contributed by atoms with van der Waals surface area (Å²) < 4.78 is 46.4. The molecule has 2 aromatic carbocycles. The number of rotatable bonds is 7. The fraction of sp³-hybridized carbons (Fsp3) is 0.414. The van der Waals surface area contributed by atoms with Crippen LogP contribution < -0.4 is 15.5 Å². The Labute approximate surface area is 235 Å². The molecule has 2 aliphatic rings. The van der Waals surface area contributed by atoms with Gasteiger partial charge in [0.15, 0.2) is 17.0 Å². The Balaban J connectivity index is 1.28. The van der Waals surface area contributed by atoms with E-state index in [2.05, 4.69) is 32.7 Å². The van der Waals surface area contributed by atoms with Gasteiger partial charge in [-0.2, -0.15) is 23.1 Å². The third-order valence-corrected chi connectivity index (χ3v) is 7.63. The number of aromatic nitrogens is 4. The monoisotopic (exact) mass is 567 g/mol. The van der Waals surface area contributed by atoms with Gasteiger partial charge in [-0.05, 0) is 67.6 Å². The first-order valence-electron chi connectivity index (χ1n) is 13.9. The lowest BCUT2D eigenvalue weighted by Gasteiger charge is -2.29. The van der Waals surface area contributed by atoms with Crippen LogP contribution in [-0.2, 0) is 17.5 Å². The van der Waals surface area contributed by atoms with E-state index in [1.54, 1.807) is 6.33 Å². The predicted octanol–water partition coefficient (Wildman–Crippen LogP) is 5.19. The highest BCUT2D eigenvalue weighted by atomic mass is 19.4. The lowest BCUT2D eigenvalue weighted by molar-refractivity contribution is -0.137. The average Bonchev–Trinajstić information content (AvgIpc) is 3.37. The van der Waals surface area contributed by atoms with Crippen molar-refractivity contribution in [2.45, 2.75) is 50.6 Å². The topological polar surface area (TPSA) is 100 Å². The number of anilines is 4. The Hall–Kier alpha value is -3.90. The molecule has 12 heteroatoms. The number of aliphatic hydroxyl groups is 1. The highest BCUT2D eigenvalue weighted by molar-refractivity contribution is 5.86. The van der Waals surface area contributed by atoms with E-state index in [4.69, 9.17) is 14.7 Å². The average molecular weight is 568 g/mol. The predicted molar refractivity (Wildman–Crippen MR) is 151 cm³/mol. The molecule has 0 amide bonds. The van der Waals surface area contributed by atoms with E-state index in [0.717, 1.165) is 49.4 Å². The molecule has 216 valence electrons. The number of halogens is 3. The molecule has 1 saturated heterocycles. The first kappa shape index (κ1) is 27.3. The molecule has 41 heavy (non-hydrogen) atoms. The van der Waals surface area contributed by atoms with Crippen molar-refractivity contribution in [3.63, 3.8) is 0 Å². The van der Waals surface area contributed by atoms with Crippen LogP contribution in [0.2, 0.25) is 0 Å². The molecule has 2 fully saturated rings. The van der Waals surface area contributed by atoms with E-state index in [1.807, 2.05) is 16.7 Å². The lowest BCUT2D eigenvalue weighted by Crippen LogP contribution is -2.36. The molecule has 3 N–H and O–H groups in total. The number of alkyl halides is 3. The smallest absolute Gasteiger partial charge is 0.393 e. The van der Waals surface area contributed by atoms with E-state index in [1.165, 1.54) is 12.1 Å². The maximum Gasteiger partial charge on any atom is 0.416 e. The van der Waals surface area contributed by atoms with E-state index in [-0.39, 0.29) is 12.1 Å². The molecule has 0 spiro atoms. The normalized spacial score (nSPS) is 19.9. The Morgan fingerprint density at radius 3 is 2.32 bits per heavy atom. The van der Waals surface area contributed by atoms with Crippen molar-refractivity contribution in [1.29, 1.82) is 0 Å². The second-order valence-electron chi connectivity index (χ2n) is 10.6. The van der Waals surface area contributed by atoms with Crippen molar-refractivity contribution in [1.82, 2.24) is 19.5 Å². The molecule has 3 heterocycles. The standard InChI is InChI=1S/C29H32F3N7O2/c30-29(31,32)20-3-1-19(2-4-20)17-39-18-33-25-26(34-21-5-9-23(10-6-21)38-13-15-41-16-14-38)36-28(37-27(25)39)35-22-7-11-24(40)12-8-22/h1-6,9-10,18,22,24,40H,7-8,11-17H2,(H2,34,35,36,37). The van der Waals surface area contributed by atoms with Gasteiger partial charge in [-0.25, -0.2) is 4.98 Å². The molecule has 1 aliphatic heterocycles. The van der Waals surface area contributed by atoms with Gasteiger partial charge in [-0.15, -0.1) is 0 Å². The SMILES string of the molecule is OC1CCC(Nc2nc(Nc3ccc(N4CCOCC4)cc3)c3ncn(Cc4ccc(C(F)(F)F)cc4)c3n2)CC1. The number of hydrogen-bond donors (Lipinski definition) is 3. The fourth-order valence-corrected chi connectivity index (χ4v) is 5.32. The summed E-state index contributed by atoms with van der Waals surface area (Å²) in [7, 11) is 0. The fourth-order valence-electron chi connectivity index (χ4n) is 5.32. The number of imidazole rings is 1. The summed E-state index contributed by atoms with van der Waals surface area (Å²) in [4.78, 5) is 16.4. The Kier molecular flexibility index (Phi) is 7.67. The van der Waals surface area contributed by atoms with Crippen LogP contribution in [0.25, 0.3) is 11.2 Å². The summed E-state index contributed by atoms with van der Waals surface area (Å²) in [5, 5.41) is 16.7. The number of benzene rings is 2. The van der Waals surface area contributed by atoms with E-state index in [9.17, 15) is 18.3 Å². The summed E-state index contributed by atoms with van der Waals surface area (Å²) in [5.41, 5.74) is 3.08. The van der Waals surface area contributed by atoms with Gasteiger partial charge >= 0.3 is 6.18 Å².